The van der Waals surface area contributed by atoms with E-state index in [9.17, 15) is 4.79 Å². The number of nitrogens with zero attached hydrogens (tertiary/aromatic N) is 3. The highest BCUT2D eigenvalue weighted by molar-refractivity contribution is 5.78. The van der Waals surface area contributed by atoms with E-state index in [1.54, 1.807) is 6.33 Å². The number of ether oxygens (including phenoxy) is 1. The number of carbonyl (C=O) groups is 1. The number of hydrogen-bond acceptors (Lipinski definition) is 5. The van der Waals surface area contributed by atoms with Crippen LogP contribution < -0.4 is 10.6 Å². The summed E-state index contributed by atoms with van der Waals surface area (Å²) in [5, 5.41) is 14.0. The Morgan fingerprint density at radius 3 is 2.95 bits per heavy atom. The van der Waals surface area contributed by atoms with E-state index in [0.29, 0.717) is 0 Å². The minimum Gasteiger partial charge on any atom is -0.381 e. The zero-order valence-electron chi connectivity index (χ0n) is 11.4. The first-order chi connectivity index (χ1) is 9.16. The van der Waals surface area contributed by atoms with Gasteiger partial charge in [0.25, 0.3) is 0 Å². The van der Waals surface area contributed by atoms with Gasteiger partial charge in [-0.05, 0) is 19.8 Å². The van der Waals surface area contributed by atoms with Crippen molar-refractivity contribution in [3.8, 4) is 0 Å². The summed E-state index contributed by atoms with van der Waals surface area (Å²) in [6.45, 7) is 3.71. The van der Waals surface area contributed by atoms with Crippen LogP contribution >= 0.6 is 0 Å². The quantitative estimate of drug-likeness (QED) is 0.769. The molecule has 1 amide bonds. The number of carbonyl (C=O) groups excluding carboxylic acids is 1. The maximum absolute atomic E-state index is 11.8. The molecule has 1 aromatic rings. The largest absolute Gasteiger partial charge is 0.381 e. The molecule has 7 heteroatoms. The fourth-order valence-electron chi connectivity index (χ4n) is 2.14. The van der Waals surface area contributed by atoms with E-state index in [2.05, 4.69) is 20.8 Å². The van der Waals surface area contributed by atoms with Crippen LogP contribution in [0.15, 0.2) is 6.33 Å². The second kappa shape index (κ2) is 6.63. The molecule has 7 nitrogen and oxygen atoms in total. The van der Waals surface area contributed by atoms with Crippen LogP contribution in [0.1, 0.15) is 31.6 Å². The smallest absolute Gasteiger partial charge is 0.234 e. The first-order valence-electron chi connectivity index (χ1n) is 6.61. The van der Waals surface area contributed by atoms with E-state index in [1.807, 2.05) is 18.5 Å². The summed E-state index contributed by atoms with van der Waals surface area (Å²) >= 11 is 0. The van der Waals surface area contributed by atoms with E-state index in [-0.39, 0.29) is 24.5 Å². The Morgan fingerprint density at radius 1 is 1.58 bits per heavy atom. The molecule has 1 unspecified atom stereocenters. The predicted molar refractivity (Wildman–Crippen MR) is 69.4 cm³/mol. The van der Waals surface area contributed by atoms with Crippen LogP contribution in [0.25, 0.3) is 0 Å². The highest BCUT2D eigenvalue weighted by Crippen LogP contribution is 2.07. The van der Waals surface area contributed by atoms with Crippen molar-refractivity contribution >= 4 is 5.91 Å². The number of amides is 1. The molecule has 0 aromatic carbocycles. The zero-order chi connectivity index (χ0) is 13.7. The van der Waals surface area contributed by atoms with Crippen LogP contribution in [0.2, 0.25) is 0 Å². The highest BCUT2D eigenvalue weighted by atomic mass is 16.5. The van der Waals surface area contributed by atoms with Gasteiger partial charge in [-0.2, -0.15) is 0 Å². The Morgan fingerprint density at radius 2 is 2.32 bits per heavy atom. The first-order valence-corrected chi connectivity index (χ1v) is 6.61. The number of aryl methyl sites for hydroxylation is 1. The van der Waals surface area contributed by atoms with Crippen molar-refractivity contribution in [3.63, 3.8) is 0 Å². The van der Waals surface area contributed by atoms with E-state index in [4.69, 9.17) is 4.74 Å². The van der Waals surface area contributed by atoms with E-state index < -0.39 is 0 Å². The third kappa shape index (κ3) is 4.00. The molecular formula is C12H21N5O2. The van der Waals surface area contributed by atoms with Crippen LogP contribution in [0.3, 0.4) is 0 Å². The van der Waals surface area contributed by atoms with Crippen molar-refractivity contribution < 1.29 is 9.53 Å². The normalized spacial score (nSPS) is 18.2. The van der Waals surface area contributed by atoms with Crippen LogP contribution in [0, 0.1) is 0 Å². The summed E-state index contributed by atoms with van der Waals surface area (Å²) in [6.07, 6.45) is 3.44. The van der Waals surface area contributed by atoms with Gasteiger partial charge in [0.05, 0.1) is 12.6 Å². The van der Waals surface area contributed by atoms with Gasteiger partial charge in [-0.25, -0.2) is 0 Å². The molecule has 1 aliphatic rings. The summed E-state index contributed by atoms with van der Waals surface area (Å²) in [7, 11) is 1.88. The monoisotopic (exact) mass is 267 g/mol. The molecule has 0 spiro atoms. The Balaban J connectivity index is 1.72. The first kappa shape index (κ1) is 14.0. The SMILES string of the molecule is CC(NCC(=O)NC1CCOCC1)c1nncn1C. The molecule has 1 atom stereocenters. The molecule has 1 saturated heterocycles. The summed E-state index contributed by atoms with van der Waals surface area (Å²) in [5.74, 6) is 0.833. The molecule has 0 bridgehead atoms. The molecule has 1 aliphatic heterocycles. The molecule has 19 heavy (non-hydrogen) atoms. The van der Waals surface area contributed by atoms with E-state index in [0.717, 1.165) is 31.9 Å². The second-order valence-corrected chi connectivity index (χ2v) is 4.86. The standard InChI is InChI=1S/C12H21N5O2/c1-9(12-16-14-8-17(12)2)13-7-11(18)15-10-3-5-19-6-4-10/h8-10,13H,3-7H2,1-2H3,(H,15,18). The zero-order valence-corrected chi connectivity index (χ0v) is 11.4. The van der Waals surface area contributed by atoms with Crippen molar-refractivity contribution in [2.24, 2.45) is 7.05 Å². The van der Waals surface area contributed by atoms with Crippen molar-refractivity contribution in [1.82, 2.24) is 25.4 Å². The summed E-state index contributed by atoms with van der Waals surface area (Å²) in [4.78, 5) is 11.8. The average molecular weight is 267 g/mol. The topological polar surface area (TPSA) is 81.1 Å². The molecule has 2 N–H and O–H groups in total. The van der Waals surface area contributed by atoms with Gasteiger partial charge >= 0.3 is 0 Å². The van der Waals surface area contributed by atoms with Crippen LogP contribution in [-0.4, -0.2) is 46.5 Å². The second-order valence-electron chi connectivity index (χ2n) is 4.86. The minimum atomic E-state index is -0.00654. The van der Waals surface area contributed by atoms with Gasteiger partial charge in [-0.1, -0.05) is 0 Å². The predicted octanol–water partition coefficient (Wildman–Crippen LogP) is -0.239. The van der Waals surface area contributed by atoms with Crippen molar-refractivity contribution in [1.29, 1.82) is 0 Å². The lowest BCUT2D eigenvalue weighted by molar-refractivity contribution is -0.121. The number of aromatic nitrogens is 3. The molecule has 1 aromatic heterocycles. The lowest BCUT2D eigenvalue weighted by Crippen LogP contribution is -2.43. The maximum Gasteiger partial charge on any atom is 0.234 e. The lowest BCUT2D eigenvalue weighted by Gasteiger charge is -2.23. The van der Waals surface area contributed by atoms with Crippen LogP contribution in [0.4, 0.5) is 0 Å². The van der Waals surface area contributed by atoms with Crippen molar-refractivity contribution in [2.45, 2.75) is 31.8 Å². The molecule has 2 rings (SSSR count). The fraction of sp³-hybridized carbons (Fsp3) is 0.750. The minimum absolute atomic E-state index is 0.00654. The Hall–Kier alpha value is -1.47. The fourth-order valence-corrected chi connectivity index (χ4v) is 2.14. The number of nitrogens with one attached hydrogen (secondary N) is 2. The summed E-state index contributed by atoms with van der Waals surface area (Å²) in [5.41, 5.74) is 0. The third-order valence-electron chi connectivity index (χ3n) is 3.29. The number of hydrogen-bond donors (Lipinski definition) is 2. The Labute approximate surface area is 112 Å². The van der Waals surface area contributed by atoms with Crippen molar-refractivity contribution in [2.75, 3.05) is 19.8 Å². The van der Waals surface area contributed by atoms with Crippen molar-refractivity contribution in [3.05, 3.63) is 12.2 Å². The molecule has 2 heterocycles. The van der Waals surface area contributed by atoms with E-state index in [1.165, 1.54) is 0 Å². The van der Waals surface area contributed by atoms with Gasteiger partial charge in [0.15, 0.2) is 0 Å². The molecular weight excluding hydrogens is 246 g/mol. The van der Waals surface area contributed by atoms with Gasteiger partial charge in [-0.15, -0.1) is 10.2 Å². The van der Waals surface area contributed by atoms with Crippen LogP contribution in [0.5, 0.6) is 0 Å². The highest BCUT2D eigenvalue weighted by Gasteiger charge is 2.17. The van der Waals surface area contributed by atoms with Gasteiger partial charge in [-0.3, -0.25) is 10.1 Å². The summed E-state index contributed by atoms with van der Waals surface area (Å²) in [6, 6.07) is 0.237. The molecule has 106 valence electrons. The Bertz CT molecular complexity index is 414. The van der Waals surface area contributed by atoms with E-state index >= 15 is 0 Å². The molecule has 0 radical (unpaired) electrons. The molecule has 0 saturated carbocycles. The Kier molecular flexibility index (Phi) is 4.86. The average Bonchev–Trinajstić information content (AvgIpc) is 2.83. The van der Waals surface area contributed by atoms with Gasteiger partial charge < -0.3 is 14.6 Å². The third-order valence-corrected chi connectivity index (χ3v) is 3.29. The van der Waals surface area contributed by atoms with Gasteiger partial charge in [0.1, 0.15) is 12.2 Å². The van der Waals surface area contributed by atoms with Crippen LogP contribution in [-0.2, 0) is 16.6 Å². The van der Waals surface area contributed by atoms with Gasteiger partial charge in [0.2, 0.25) is 5.91 Å². The maximum atomic E-state index is 11.8. The summed E-state index contributed by atoms with van der Waals surface area (Å²) < 4.78 is 7.10. The lowest BCUT2D eigenvalue weighted by atomic mass is 10.1. The molecule has 0 aliphatic carbocycles. The molecule has 1 fully saturated rings. The number of rotatable bonds is 5. The van der Waals surface area contributed by atoms with Gasteiger partial charge in [0, 0.05) is 26.3 Å².